The van der Waals surface area contributed by atoms with Gasteiger partial charge in [0.05, 0.1) is 43.6 Å². The first-order valence-corrected chi connectivity index (χ1v) is 13.2. The van der Waals surface area contributed by atoms with Gasteiger partial charge in [-0.1, -0.05) is 23.5 Å². The summed E-state index contributed by atoms with van der Waals surface area (Å²) in [6.07, 6.45) is 5.25. The van der Waals surface area contributed by atoms with E-state index in [1.54, 1.807) is 42.5 Å². The Hall–Kier alpha value is -4.31. The average molecular weight is 551 g/mol. The highest BCUT2D eigenvalue weighted by Crippen LogP contribution is 2.35. The first-order chi connectivity index (χ1) is 18.9. The second kappa shape index (κ2) is 12.0. The summed E-state index contributed by atoms with van der Waals surface area (Å²) < 4.78 is 23.7. The highest BCUT2D eigenvalue weighted by molar-refractivity contribution is 7.07. The standard InChI is InChI=1S/C29H30N2O7S/c1-6-9-19-12-17(13-23(35-4)26(19)32)14-24-27(33)31-25(20(28(34)36-5)16-30-29(31)39-24)18-10-11-21(37-7-2)22(15-18)38-8-3/h6,10-16,25,32H,1,7-9H2,2-5H3/b24-14-/t25-/m0/s1. The molecule has 0 aliphatic carbocycles. The van der Waals surface area contributed by atoms with Crippen molar-refractivity contribution in [2.24, 2.45) is 4.99 Å². The van der Waals surface area contributed by atoms with E-state index in [1.165, 1.54) is 36.3 Å². The lowest BCUT2D eigenvalue weighted by atomic mass is 9.97. The summed E-state index contributed by atoms with van der Waals surface area (Å²) in [6.45, 7) is 8.35. The lowest BCUT2D eigenvalue weighted by Gasteiger charge is -2.23. The van der Waals surface area contributed by atoms with Crippen molar-refractivity contribution in [3.05, 3.63) is 91.1 Å². The van der Waals surface area contributed by atoms with Gasteiger partial charge in [-0.2, -0.15) is 0 Å². The van der Waals surface area contributed by atoms with Gasteiger partial charge in [0.2, 0.25) is 0 Å². The van der Waals surface area contributed by atoms with Crippen LogP contribution in [0, 0.1) is 0 Å². The summed E-state index contributed by atoms with van der Waals surface area (Å²) in [6, 6.07) is 7.96. The molecule has 0 saturated carbocycles. The van der Waals surface area contributed by atoms with Gasteiger partial charge in [-0.05, 0) is 61.7 Å². The number of aromatic nitrogens is 1. The minimum absolute atomic E-state index is 0.0272. The maximum atomic E-state index is 13.8. The zero-order chi connectivity index (χ0) is 28.1. The van der Waals surface area contributed by atoms with Crippen LogP contribution in [0.15, 0.2) is 64.5 Å². The minimum Gasteiger partial charge on any atom is -0.504 e. The molecule has 1 aromatic heterocycles. The van der Waals surface area contributed by atoms with Crippen LogP contribution in [0.5, 0.6) is 23.0 Å². The van der Waals surface area contributed by atoms with Crippen LogP contribution in [-0.2, 0) is 16.0 Å². The summed E-state index contributed by atoms with van der Waals surface area (Å²) in [5.74, 6) is 0.792. The zero-order valence-electron chi connectivity index (χ0n) is 22.2. The molecule has 39 heavy (non-hydrogen) atoms. The van der Waals surface area contributed by atoms with Crippen molar-refractivity contribution in [1.29, 1.82) is 0 Å². The maximum Gasteiger partial charge on any atom is 0.337 e. The lowest BCUT2D eigenvalue weighted by molar-refractivity contribution is -0.136. The van der Waals surface area contributed by atoms with Crippen LogP contribution in [0.2, 0.25) is 0 Å². The highest BCUT2D eigenvalue weighted by Gasteiger charge is 2.31. The number of thiazole rings is 1. The second-order valence-corrected chi connectivity index (χ2v) is 9.48. The second-order valence-electron chi connectivity index (χ2n) is 8.47. The Balaban J connectivity index is 1.91. The molecule has 1 atom stereocenters. The van der Waals surface area contributed by atoms with Gasteiger partial charge in [0.15, 0.2) is 27.8 Å². The van der Waals surface area contributed by atoms with Crippen molar-refractivity contribution >= 4 is 23.4 Å². The van der Waals surface area contributed by atoms with Gasteiger partial charge < -0.3 is 24.1 Å². The average Bonchev–Trinajstić information content (AvgIpc) is 3.25. The summed E-state index contributed by atoms with van der Waals surface area (Å²) in [5.41, 5.74) is 1.80. The number of hydrogen-bond donors (Lipinski definition) is 1. The number of esters is 1. The molecule has 0 fully saturated rings. The number of fused-ring (bicyclic) bond motifs is 1. The number of phenols is 1. The molecule has 10 heteroatoms. The molecular weight excluding hydrogens is 520 g/mol. The number of rotatable bonds is 10. The molecule has 0 saturated heterocycles. The number of allylic oxidation sites excluding steroid dienone is 1. The van der Waals surface area contributed by atoms with Crippen molar-refractivity contribution in [2.75, 3.05) is 27.4 Å². The minimum atomic E-state index is -0.795. The van der Waals surface area contributed by atoms with E-state index in [-0.39, 0.29) is 22.6 Å². The Morgan fingerprint density at radius 3 is 2.54 bits per heavy atom. The fourth-order valence-electron chi connectivity index (χ4n) is 4.38. The molecular formula is C29H30N2O7S. The summed E-state index contributed by atoms with van der Waals surface area (Å²) >= 11 is 1.19. The molecule has 3 aromatic rings. The molecule has 0 unspecified atom stereocenters. The number of ether oxygens (including phenoxy) is 4. The van der Waals surface area contributed by atoms with Crippen molar-refractivity contribution in [2.45, 2.75) is 26.3 Å². The number of phenolic OH excluding ortho intramolecular Hbond substituents is 1. The third-order valence-corrected chi connectivity index (χ3v) is 7.06. The summed E-state index contributed by atoms with van der Waals surface area (Å²) in [5, 5.41) is 10.4. The van der Waals surface area contributed by atoms with Crippen molar-refractivity contribution < 1.29 is 28.8 Å². The smallest absolute Gasteiger partial charge is 0.337 e. The third-order valence-electron chi connectivity index (χ3n) is 6.07. The van der Waals surface area contributed by atoms with Crippen LogP contribution in [0.4, 0.5) is 0 Å². The quantitative estimate of drug-likeness (QED) is 0.305. The number of hydrogen-bond acceptors (Lipinski definition) is 9. The number of carbonyl (C=O) groups is 1. The van der Waals surface area contributed by atoms with E-state index in [9.17, 15) is 14.7 Å². The van der Waals surface area contributed by atoms with Crippen LogP contribution < -0.4 is 29.1 Å². The van der Waals surface area contributed by atoms with Gasteiger partial charge in [-0.3, -0.25) is 9.36 Å². The first-order valence-electron chi connectivity index (χ1n) is 12.4. The number of methoxy groups -OCH3 is 2. The van der Waals surface area contributed by atoms with E-state index >= 15 is 0 Å². The van der Waals surface area contributed by atoms with E-state index in [2.05, 4.69) is 11.6 Å². The highest BCUT2D eigenvalue weighted by atomic mass is 32.1. The van der Waals surface area contributed by atoms with Crippen LogP contribution in [0.1, 0.15) is 36.6 Å². The number of nitrogens with zero attached hydrogens (tertiary/aromatic N) is 2. The summed E-state index contributed by atoms with van der Waals surface area (Å²) in [4.78, 5) is 31.4. The Kier molecular flexibility index (Phi) is 8.55. The van der Waals surface area contributed by atoms with Gasteiger partial charge in [0.25, 0.3) is 5.56 Å². The van der Waals surface area contributed by atoms with Crippen LogP contribution in [0.3, 0.4) is 0 Å². The maximum absolute atomic E-state index is 13.8. The molecule has 0 bridgehead atoms. The van der Waals surface area contributed by atoms with Gasteiger partial charge >= 0.3 is 5.97 Å². The van der Waals surface area contributed by atoms with Crippen LogP contribution in [-0.4, -0.2) is 43.1 Å². The Morgan fingerprint density at radius 2 is 1.87 bits per heavy atom. The predicted octanol–water partition coefficient (Wildman–Crippen LogP) is 3.26. The number of aromatic hydroxyl groups is 1. The van der Waals surface area contributed by atoms with E-state index in [0.29, 0.717) is 57.2 Å². The van der Waals surface area contributed by atoms with Gasteiger partial charge in [0.1, 0.15) is 0 Å². The Labute approximate surface area is 229 Å². The first kappa shape index (κ1) is 27.7. The molecule has 1 aliphatic rings. The topological polar surface area (TPSA) is 109 Å². The molecule has 0 amide bonds. The largest absolute Gasteiger partial charge is 0.504 e. The molecule has 9 nitrogen and oxygen atoms in total. The lowest BCUT2D eigenvalue weighted by Crippen LogP contribution is -2.39. The zero-order valence-corrected chi connectivity index (χ0v) is 23.0. The van der Waals surface area contributed by atoms with E-state index in [4.69, 9.17) is 18.9 Å². The fourth-order valence-corrected chi connectivity index (χ4v) is 5.35. The van der Waals surface area contributed by atoms with Crippen LogP contribution in [0.25, 0.3) is 6.08 Å². The van der Waals surface area contributed by atoms with E-state index < -0.39 is 12.0 Å². The Bertz CT molecular complexity index is 1620. The van der Waals surface area contributed by atoms with Gasteiger partial charge in [0, 0.05) is 11.8 Å². The van der Waals surface area contributed by atoms with Crippen molar-refractivity contribution in [1.82, 2.24) is 4.57 Å². The molecule has 2 aromatic carbocycles. The monoisotopic (exact) mass is 550 g/mol. The molecule has 0 radical (unpaired) electrons. The normalized spacial score (nSPS) is 14.6. The molecule has 1 aliphatic heterocycles. The van der Waals surface area contributed by atoms with Gasteiger partial charge in [-0.15, -0.1) is 6.58 Å². The van der Waals surface area contributed by atoms with Crippen LogP contribution >= 0.6 is 11.3 Å². The fraction of sp³-hybridized carbons (Fsp3) is 0.276. The number of benzene rings is 2. The predicted molar refractivity (Wildman–Crippen MR) is 149 cm³/mol. The molecule has 1 N–H and O–H groups in total. The number of carbonyl (C=O) groups excluding carboxylic acids is 1. The summed E-state index contributed by atoms with van der Waals surface area (Å²) in [7, 11) is 2.75. The van der Waals surface area contributed by atoms with Crippen molar-refractivity contribution in [3.8, 4) is 23.0 Å². The van der Waals surface area contributed by atoms with Gasteiger partial charge in [-0.25, -0.2) is 9.79 Å². The third kappa shape index (κ3) is 5.46. The van der Waals surface area contributed by atoms with Crippen molar-refractivity contribution in [3.63, 3.8) is 0 Å². The molecule has 204 valence electrons. The molecule has 2 heterocycles. The SMILES string of the molecule is C=CCc1cc(/C=c2\sc3n(c2=O)[C@@H](c2ccc(OCC)c(OCC)c2)C(C(=O)OC)=CN=3)cc(OC)c1O. The molecule has 0 spiro atoms. The van der Waals surface area contributed by atoms with E-state index in [1.807, 2.05) is 13.8 Å². The molecule has 4 rings (SSSR count). The Morgan fingerprint density at radius 1 is 1.13 bits per heavy atom. The van der Waals surface area contributed by atoms with E-state index in [0.717, 1.165) is 0 Å².